The SMILES string of the molecule is CNCC1CCC(C)(C)CC1c1cccc(C2CCC2)c1. The van der Waals surface area contributed by atoms with Gasteiger partial charge < -0.3 is 5.32 Å². The molecule has 21 heavy (non-hydrogen) atoms. The van der Waals surface area contributed by atoms with Crippen LogP contribution in [0.2, 0.25) is 0 Å². The Labute approximate surface area is 130 Å². The third-order valence-corrected chi connectivity index (χ3v) is 5.92. The van der Waals surface area contributed by atoms with Crippen LogP contribution < -0.4 is 5.32 Å². The molecule has 0 radical (unpaired) electrons. The fourth-order valence-electron chi connectivity index (χ4n) is 4.32. The van der Waals surface area contributed by atoms with Gasteiger partial charge in [0.15, 0.2) is 0 Å². The van der Waals surface area contributed by atoms with Gasteiger partial charge in [0, 0.05) is 0 Å². The van der Waals surface area contributed by atoms with E-state index >= 15 is 0 Å². The summed E-state index contributed by atoms with van der Waals surface area (Å²) in [6, 6.07) is 9.59. The number of hydrogen-bond donors (Lipinski definition) is 1. The van der Waals surface area contributed by atoms with Gasteiger partial charge in [0.25, 0.3) is 0 Å². The molecule has 0 heterocycles. The molecule has 2 unspecified atom stereocenters. The van der Waals surface area contributed by atoms with Gasteiger partial charge in [-0.25, -0.2) is 0 Å². The van der Waals surface area contributed by atoms with E-state index in [0.29, 0.717) is 5.41 Å². The molecule has 1 N–H and O–H groups in total. The molecule has 1 aromatic carbocycles. The summed E-state index contributed by atoms with van der Waals surface area (Å²) in [5, 5.41) is 3.42. The van der Waals surface area contributed by atoms with E-state index in [1.165, 1.54) is 38.5 Å². The van der Waals surface area contributed by atoms with Gasteiger partial charge in [-0.2, -0.15) is 0 Å². The van der Waals surface area contributed by atoms with Crippen LogP contribution in [-0.2, 0) is 0 Å². The van der Waals surface area contributed by atoms with Crippen LogP contribution in [0.3, 0.4) is 0 Å². The van der Waals surface area contributed by atoms with E-state index in [1.807, 2.05) is 0 Å². The van der Waals surface area contributed by atoms with Crippen molar-refractivity contribution in [3.05, 3.63) is 35.4 Å². The van der Waals surface area contributed by atoms with Crippen LogP contribution in [0, 0.1) is 11.3 Å². The van der Waals surface area contributed by atoms with E-state index in [9.17, 15) is 0 Å². The standard InChI is InChI=1S/C20H31N/c1-20(2)11-10-18(14-21-3)19(13-20)17-9-5-8-16(12-17)15-6-4-7-15/h5,8-9,12,15,18-19,21H,4,6-7,10-11,13-14H2,1-3H3. The Kier molecular flexibility index (Phi) is 4.40. The molecule has 0 aromatic heterocycles. The minimum atomic E-state index is 0.501. The molecule has 1 nitrogen and oxygen atoms in total. The van der Waals surface area contributed by atoms with Crippen LogP contribution in [0.25, 0.3) is 0 Å². The van der Waals surface area contributed by atoms with Gasteiger partial charge in [0.2, 0.25) is 0 Å². The van der Waals surface area contributed by atoms with E-state index in [2.05, 4.69) is 50.5 Å². The Bertz CT molecular complexity index is 472. The average Bonchev–Trinajstić information content (AvgIpc) is 2.39. The highest BCUT2D eigenvalue weighted by Gasteiger charge is 2.35. The van der Waals surface area contributed by atoms with E-state index < -0.39 is 0 Å². The maximum atomic E-state index is 3.42. The quantitative estimate of drug-likeness (QED) is 0.813. The smallest absolute Gasteiger partial charge is 0.00177 e. The summed E-state index contributed by atoms with van der Waals surface area (Å²) < 4.78 is 0. The van der Waals surface area contributed by atoms with Crippen molar-refractivity contribution in [3.63, 3.8) is 0 Å². The van der Waals surface area contributed by atoms with Gasteiger partial charge in [-0.1, -0.05) is 44.5 Å². The highest BCUT2D eigenvalue weighted by Crippen LogP contribution is 2.47. The summed E-state index contributed by atoms with van der Waals surface area (Å²) in [6.07, 6.45) is 8.31. The first-order chi connectivity index (χ1) is 10.1. The lowest BCUT2D eigenvalue weighted by atomic mass is 9.64. The predicted molar refractivity (Wildman–Crippen MR) is 90.8 cm³/mol. The molecule has 0 amide bonds. The lowest BCUT2D eigenvalue weighted by molar-refractivity contribution is 0.161. The number of rotatable bonds is 4. The molecular weight excluding hydrogens is 254 g/mol. The number of nitrogens with one attached hydrogen (secondary N) is 1. The Morgan fingerprint density at radius 2 is 1.90 bits per heavy atom. The molecule has 1 aromatic rings. The molecule has 2 saturated carbocycles. The molecule has 2 aliphatic rings. The third-order valence-electron chi connectivity index (χ3n) is 5.92. The largest absolute Gasteiger partial charge is 0.319 e. The second-order valence-corrected chi connectivity index (χ2v) is 8.13. The summed E-state index contributed by atoms with van der Waals surface area (Å²) >= 11 is 0. The van der Waals surface area contributed by atoms with Gasteiger partial charge in [0.05, 0.1) is 0 Å². The molecule has 1 heteroatoms. The summed E-state index contributed by atoms with van der Waals surface area (Å²) in [5.74, 6) is 2.39. The lowest BCUT2D eigenvalue weighted by Crippen LogP contribution is -2.33. The molecule has 3 rings (SSSR count). The Hall–Kier alpha value is -0.820. The minimum absolute atomic E-state index is 0.501. The molecule has 2 atom stereocenters. The fourth-order valence-corrected chi connectivity index (χ4v) is 4.32. The molecule has 0 saturated heterocycles. The van der Waals surface area contributed by atoms with Crippen molar-refractivity contribution in [1.82, 2.24) is 5.32 Å². The molecule has 2 fully saturated rings. The van der Waals surface area contributed by atoms with Crippen LogP contribution in [0.1, 0.15) is 75.3 Å². The molecule has 0 aliphatic heterocycles. The first-order valence-corrected chi connectivity index (χ1v) is 8.83. The van der Waals surface area contributed by atoms with Crippen molar-refractivity contribution < 1.29 is 0 Å². The highest BCUT2D eigenvalue weighted by molar-refractivity contribution is 5.31. The number of benzene rings is 1. The van der Waals surface area contributed by atoms with Crippen LogP contribution in [0.5, 0.6) is 0 Å². The second kappa shape index (κ2) is 6.12. The summed E-state index contributed by atoms with van der Waals surface area (Å²) in [5.41, 5.74) is 3.71. The van der Waals surface area contributed by atoms with Crippen molar-refractivity contribution in [2.45, 2.75) is 64.2 Å². The normalized spacial score (nSPS) is 29.1. The van der Waals surface area contributed by atoms with Crippen LogP contribution in [-0.4, -0.2) is 13.6 Å². The molecule has 2 aliphatic carbocycles. The molecule has 116 valence electrons. The van der Waals surface area contributed by atoms with E-state index in [4.69, 9.17) is 0 Å². The van der Waals surface area contributed by atoms with Gasteiger partial charge in [-0.15, -0.1) is 0 Å². The zero-order chi connectivity index (χ0) is 14.9. The van der Waals surface area contributed by atoms with Gasteiger partial charge in [-0.3, -0.25) is 0 Å². The topological polar surface area (TPSA) is 12.0 Å². The van der Waals surface area contributed by atoms with Crippen LogP contribution >= 0.6 is 0 Å². The van der Waals surface area contributed by atoms with Crippen molar-refractivity contribution in [2.24, 2.45) is 11.3 Å². The van der Waals surface area contributed by atoms with Gasteiger partial charge >= 0.3 is 0 Å². The zero-order valence-corrected chi connectivity index (χ0v) is 14.0. The van der Waals surface area contributed by atoms with Gasteiger partial charge in [-0.05, 0) is 80.0 Å². The Morgan fingerprint density at radius 1 is 1.14 bits per heavy atom. The molecular formula is C20H31N. The number of hydrogen-bond acceptors (Lipinski definition) is 1. The first-order valence-electron chi connectivity index (χ1n) is 8.83. The van der Waals surface area contributed by atoms with Crippen molar-refractivity contribution >= 4 is 0 Å². The molecule has 0 spiro atoms. The van der Waals surface area contributed by atoms with Crippen LogP contribution in [0.4, 0.5) is 0 Å². The third kappa shape index (κ3) is 3.34. The van der Waals surface area contributed by atoms with Crippen molar-refractivity contribution in [1.29, 1.82) is 0 Å². The minimum Gasteiger partial charge on any atom is -0.319 e. The fraction of sp³-hybridized carbons (Fsp3) is 0.700. The monoisotopic (exact) mass is 285 g/mol. The predicted octanol–water partition coefficient (Wildman–Crippen LogP) is 5.08. The maximum absolute atomic E-state index is 3.42. The maximum Gasteiger partial charge on any atom is -0.00177 e. The van der Waals surface area contributed by atoms with E-state index in [1.54, 1.807) is 11.1 Å². The van der Waals surface area contributed by atoms with Gasteiger partial charge in [0.1, 0.15) is 0 Å². The average molecular weight is 285 g/mol. The van der Waals surface area contributed by atoms with Crippen molar-refractivity contribution in [2.75, 3.05) is 13.6 Å². The lowest BCUT2D eigenvalue weighted by Gasteiger charge is -2.41. The first kappa shape index (κ1) is 15.1. The Balaban J connectivity index is 1.83. The van der Waals surface area contributed by atoms with Crippen LogP contribution in [0.15, 0.2) is 24.3 Å². The Morgan fingerprint density at radius 3 is 2.57 bits per heavy atom. The highest BCUT2D eigenvalue weighted by atomic mass is 14.8. The van der Waals surface area contributed by atoms with Crippen molar-refractivity contribution in [3.8, 4) is 0 Å². The van der Waals surface area contributed by atoms with E-state index in [0.717, 1.165) is 24.3 Å². The summed E-state index contributed by atoms with van der Waals surface area (Å²) in [7, 11) is 2.10. The van der Waals surface area contributed by atoms with E-state index in [-0.39, 0.29) is 0 Å². The second-order valence-electron chi connectivity index (χ2n) is 8.13. The summed E-state index contributed by atoms with van der Waals surface area (Å²) in [6.45, 7) is 6.06. The molecule has 0 bridgehead atoms. The summed E-state index contributed by atoms with van der Waals surface area (Å²) in [4.78, 5) is 0. The zero-order valence-electron chi connectivity index (χ0n) is 14.0.